The predicted octanol–water partition coefficient (Wildman–Crippen LogP) is -2.27. The van der Waals surface area contributed by atoms with Crippen LogP contribution >= 0.6 is 11.6 Å². The molecule has 0 aliphatic carbocycles. The van der Waals surface area contributed by atoms with E-state index in [1.54, 1.807) is 32.2 Å². The molecule has 0 atom stereocenters. The van der Waals surface area contributed by atoms with Gasteiger partial charge < -0.3 is 28.2 Å². The number of carbonyl (C=O) groups is 1. The number of aliphatic carboxylic acids is 1. The Morgan fingerprint density at radius 3 is 2.04 bits per heavy atom. The van der Waals surface area contributed by atoms with Gasteiger partial charge in [-0.3, -0.25) is 4.79 Å². The normalized spacial score (nSPS) is 16.0. The van der Waals surface area contributed by atoms with Gasteiger partial charge >= 0.3 is 100 Å². The zero-order valence-corrected chi connectivity index (χ0v) is 51.2. The fraction of sp³-hybridized carbons (Fsp3) is 0.383. The molecule has 3 heterocycles. The van der Waals surface area contributed by atoms with Gasteiger partial charge in [-0.1, -0.05) is 67.9 Å². The fourth-order valence-corrected chi connectivity index (χ4v) is 11.6. The first-order chi connectivity index (χ1) is 32.0. The van der Waals surface area contributed by atoms with E-state index < -0.39 is 78.6 Å². The number of hydrogen-bond acceptors (Lipinski definition) is 15. The van der Waals surface area contributed by atoms with Crippen LogP contribution in [0.1, 0.15) is 94.9 Å². The van der Waals surface area contributed by atoms with E-state index in [1.165, 1.54) is 6.07 Å². The summed E-state index contributed by atoms with van der Waals surface area (Å²) in [6.07, 6.45) is 11.4. The molecule has 25 heteroatoms. The Bertz CT molecular complexity index is 3310. The van der Waals surface area contributed by atoms with Crippen molar-refractivity contribution in [2.75, 3.05) is 23.0 Å². The molecule has 1 N–H and O–H groups in total. The average Bonchev–Trinajstić information content (AvgIpc) is 3.61. The molecule has 72 heavy (non-hydrogen) atoms. The van der Waals surface area contributed by atoms with Crippen molar-refractivity contribution in [3.8, 4) is 0 Å². The van der Waals surface area contributed by atoms with Gasteiger partial charge in [0.25, 0.3) is 0 Å². The maximum atomic E-state index is 12.6. The molecule has 2 aliphatic heterocycles. The van der Waals surface area contributed by atoms with Gasteiger partial charge in [-0.2, -0.15) is 0 Å². The van der Waals surface area contributed by atoms with Crippen LogP contribution in [0.2, 0.25) is 5.02 Å². The molecular weight excluding hydrogens is 1060 g/mol. The Morgan fingerprint density at radius 2 is 1.43 bits per heavy atom. The SMILES string of the molecule is CC1(C)C(/C=C/C(=C/C=C2\N(CCCCS(=O)(=O)[O-])c3ccc4c(S(=O)(=O)[O-])cc(S(=O)(=O)[O-])cc4c3C2(C)C)c2cccc(CCCCC(=O)O)c2)=Nc2c1cc(Cl)c[n+]2CCCCS(=O)(=O)[O-].[Na+].[Na+].[Na+]. The summed E-state index contributed by atoms with van der Waals surface area (Å²) in [5, 5.41) is 9.52. The van der Waals surface area contributed by atoms with E-state index >= 15 is 0 Å². The fourth-order valence-electron chi connectivity index (χ4n) is 8.93. The van der Waals surface area contributed by atoms with Gasteiger partial charge in [0.2, 0.25) is 0 Å². The number of rotatable bonds is 21. The minimum Gasteiger partial charge on any atom is -0.748 e. The summed E-state index contributed by atoms with van der Waals surface area (Å²) >= 11 is 6.59. The van der Waals surface area contributed by atoms with Crippen molar-refractivity contribution in [3.63, 3.8) is 0 Å². The maximum Gasteiger partial charge on any atom is 1.00 e. The van der Waals surface area contributed by atoms with Crippen molar-refractivity contribution in [1.82, 2.24) is 0 Å². The second kappa shape index (κ2) is 25.5. The molecule has 1 aromatic heterocycles. The van der Waals surface area contributed by atoms with Gasteiger partial charge in [0.15, 0.2) is 5.71 Å². The van der Waals surface area contributed by atoms with E-state index in [0.29, 0.717) is 77.4 Å². The quantitative estimate of drug-likeness (QED) is 0.0303. The van der Waals surface area contributed by atoms with Gasteiger partial charge in [-0.25, -0.2) is 38.2 Å². The van der Waals surface area contributed by atoms with Gasteiger partial charge in [-0.05, 0) is 133 Å². The van der Waals surface area contributed by atoms with Crippen LogP contribution in [0.3, 0.4) is 0 Å². The van der Waals surface area contributed by atoms with Crippen molar-refractivity contribution in [3.05, 3.63) is 118 Å². The maximum absolute atomic E-state index is 12.6. The smallest absolute Gasteiger partial charge is 0.748 e. The molecule has 0 saturated heterocycles. The van der Waals surface area contributed by atoms with Crippen molar-refractivity contribution < 1.29 is 155 Å². The number of benzene rings is 3. The van der Waals surface area contributed by atoms with E-state index in [1.807, 2.05) is 71.9 Å². The van der Waals surface area contributed by atoms with E-state index in [0.717, 1.165) is 22.8 Å². The second-order valence-corrected chi connectivity index (χ2v) is 24.3. The second-order valence-electron chi connectivity index (χ2n) is 18.1. The van der Waals surface area contributed by atoms with Gasteiger partial charge in [0.05, 0.1) is 52.6 Å². The summed E-state index contributed by atoms with van der Waals surface area (Å²) in [5.41, 5.74) is 3.38. The molecule has 4 aromatic rings. The summed E-state index contributed by atoms with van der Waals surface area (Å²) in [4.78, 5) is 16.2. The number of aryl methyl sites for hydroxylation is 2. The minimum absolute atomic E-state index is 0. The Labute approximate surface area is 493 Å². The van der Waals surface area contributed by atoms with Crippen LogP contribution in [0.25, 0.3) is 16.3 Å². The number of aliphatic imine (C=N–C) groups is 1. The third-order valence-corrected chi connectivity index (χ3v) is 15.8. The van der Waals surface area contributed by atoms with Gasteiger partial charge in [-0.15, -0.1) is 0 Å². The molecule has 0 fully saturated rings. The first kappa shape index (κ1) is 64.4. The van der Waals surface area contributed by atoms with Crippen LogP contribution in [0.4, 0.5) is 11.5 Å². The van der Waals surface area contributed by atoms with E-state index in [9.17, 15) is 61.8 Å². The Hall–Kier alpha value is -1.84. The number of carboxylic acids is 1. The molecule has 372 valence electrons. The number of anilines is 1. The molecule has 0 amide bonds. The Morgan fingerprint density at radius 1 is 0.778 bits per heavy atom. The summed E-state index contributed by atoms with van der Waals surface area (Å²) in [6.45, 7) is 8.00. The number of fused-ring (bicyclic) bond motifs is 4. The number of allylic oxidation sites excluding steroid dienone is 6. The molecule has 0 unspecified atom stereocenters. The molecule has 3 aromatic carbocycles. The minimum atomic E-state index is -5.31. The number of carboxylic acid groups (broad SMARTS) is 1. The van der Waals surface area contributed by atoms with E-state index in [2.05, 4.69) is 0 Å². The monoisotopic (exact) mass is 1110 g/mol. The molecule has 0 spiro atoms. The average molecular weight is 1110 g/mol. The Kier molecular flexibility index (Phi) is 22.9. The number of pyridine rings is 1. The summed E-state index contributed by atoms with van der Waals surface area (Å²) in [7, 11) is -19.5. The standard InChI is InChI=1S/C47H54ClN3O14S4.3Na/c1-46(2)38-27-34(48)30-50(22-7-9-24-66(54,55)56)45(38)49-41(46)20-16-32(33-14-11-13-31(26-33)12-5-6-15-43(52)53)17-21-42-47(3,4)44-37-28-35(68(60,61)62)29-40(69(63,64)65)36(37)18-19-39(44)51(42)23-8-10-25-67(57,58)59;;;/h11,13-14,16-21,26-30H,5-10,12,15,22-25H2,1-4H3,(H4-,52,53,54,55,56,57,58,59,60,61,62,63,64,65);;;/q;3*+1/p-3. The summed E-state index contributed by atoms with van der Waals surface area (Å²) < 4.78 is 145. The molecule has 6 rings (SSSR count). The number of hydrogen-bond donors (Lipinski definition) is 1. The van der Waals surface area contributed by atoms with Crippen molar-refractivity contribution in [2.45, 2.75) is 106 Å². The topological polar surface area (TPSA) is 286 Å². The molecule has 2 aliphatic rings. The molecule has 0 saturated carbocycles. The number of unbranched alkanes of at least 4 members (excludes halogenated alkanes) is 3. The van der Waals surface area contributed by atoms with Crippen molar-refractivity contribution >= 4 is 91.6 Å². The number of nitrogens with zero attached hydrogens (tertiary/aromatic N) is 3. The predicted molar refractivity (Wildman–Crippen MR) is 256 cm³/mol. The van der Waals surface area contributed by atoms with Crippen LogP contribution < -0.4 is 98.1 Å². The van der Waals surface area contributed by atoms with E-state index in [4.69, 9.17) is 16.6 Å². The first-order valence-electron chi connectivity index (χ1n) is 21.9. The third kappa shape index (κ3) is 16.1. The summed E-state index contributed by atoms with van der Waals surface area (Å²) in [5.74, 6) is -1.43. The number of aromatic nitrogens is 1. The molecule has 17 nitrogen and oxygen atoms in total. The Balaban J connectivity index is 0.00000456. The molecule has 0 radical (unpaired) electrons. The number of halogens is 1. The van der Waals surface area contributed by atoms with Crippen LogP contribution in [0.15, 0.2) is 106 Å². The van der Waals surface area contributed by atoms with E-state index in [-0.39, 0.29) is 132 Å². The zero-order chi connectivity index (χ0) is 50.9. The molecule has 0 bridgehead atoms. The first-order valence-corrected chi connectivity index (χ1v) is 28.2. The van der Waals surface area contributed by atoms with Crippen LogP contribution in [-0.4, -0.2) is 86.7 Å². The van der Waals surface area contributed by atoms with Crippen molar-refractivity contribution in [1.29, 1.82) is 0 Å². The van der Waals surface area contributed by atoms with Crippen LogP contribution in [-0.2, 0) is 69.1 Å². The van der Waals surface area contributed by atoms with Gasteiger partial charge in [0.1, 0.15) is 26.4 Å². The van der Waals surface area contributed by atoms with Gasteiger partial charge in [0, 0.05) is 41.3 Å². The van der Waals surface area contributed by atoms with Crippen molar-refractivity contribution in [2.24, 2.45) is 4.99 Å². The third-order valence-electron chi connectivity index (χ3n) is 12.3. The summed E-state index contributed by atoms with van der Waals surface area (Å²) in [6, 6.07) is 14.0. The molecular formula is C47H51ClN3Na3O14S4. The largest absolute Gasteiger partial charge is 1.00 e. The van der Waals surface area contributed by atoms with Crippen LogP contribution in [0, 0.1) is 0 Å². The van der Waals surface area contributed by atoms with Crippen LogP contribution in [0.5, 0.6) is 0 Å². The zero-order valence-electron chi connectivity index (χ0n) is 41.2.